The van der Waals surface area contributed by atoms with Gasteiger partial charge in [-0.1, -0.05) is 137 Å². The number of aromatic nitrogens is 6. The Morgan fingerprint density at radius 2 is 0.923 bits per heavy atom. The smallest absolute Gasteiger partial charge is 0.187 e. The molecule has 1 aliphatic heterocycles. The topological polar surface area (TPSA) is 135 Å². The molecule has 0 aliphatic carbocycles. The third-order valence-corrected chi connectivity index (χ3v) is 10.8. The first-order valence-electron chi connectivity index (χ1n) is 22.0. The average Bonchev–Trinajstić information content (AvgIpc) is 4.01. The summed E-state index contributed by atoms with van der Waals surface area (Å²) in [5, 5.41) is 17.4. The molecule has 5 aromatic carbocycles. The van der Waals surface area contributed by atoms with Crippen LogP contribution in [0.5, 0.6) is 11.5 Å². The number of ether oxygens (including phenoxy) is 8. The highest BCUT2D eigenvalue weighted by molar-refractivity contribution is 5.27. The Morgan fingerprint density at radius 1 is 0.477 bits per heavy atom. The first kappa shape index (κ1) is 45.3. The largest absolute Gasteiger partial charge is 0.492 e. The van der Waals surface area contributed by atoms with Crippen LogP contribution < -0.4 is 9.47 Å². The summed E-state index contributed by atoms with van der Waals surface area (Å²) in [6.07, 6.45) is 0.135. The number of hydrogen-bond donors (Lipinski definition) is 0. The van der Waals surface area contributed by atoms with Crippen LogP contribution >= 0.6 is 0 Å². The van der Waals surface area contributed by atoms with Gasteiger partial charge in [0.25, 0.3) is 0 Å². The minimum atomic E-state index is -0.908. The van der Waals surface area contributed by atoms with E-state index >= 15 is 0 Å². The summed E-state index contributed by atoms with van der Waals surface area (Å²) in [7, 11) is 0. The molecule has 0 N–H and O–H groups in total. The quantitative estimate of drug-likeness (QED) is 0.0585. The van der Waals surface area contributed by atoms with Gasteiger partial charge < -0.3 is 37.9 Å². The Hall–Kier alpha value is -6.26. The molecule has 0 unspecified atom stereocenters. The summed E-state index contributed by atoms with van der Waals surface area (Å²) < 4.78 is 55.6. The van der Waals surface area contributed by atoms with E-state index in [1.165, 1.54) is 11.1 Å². The molecule has 0 bridgehead atoms. The van der Waals surface area contributed by atoms with E-state index in [4.69, 9.17) is 37.9 Å². The zero-order valence-electron chi connectivity index (χ0n) is 36.8. The van der Waals surface area contributed by atoms with Crippen LogP contribution in [0.2, 0.25) is 0 Å². The second-order valence-electron chi connectivity index (χ2n) is 15.9. The lowest BCUT2D eigenvalue weighted by Gasteiger charge is -2.45. The maximum atomic E-state index is 6.87. The molecule has 14 nitrogen and oxygen atoms in total. The third-order valence-electron chi connectivity index (χ3n) is 10.8. The Kier molecular flexibility index (Phi) is 16.5. The van der Waals surface area contributed by atoms with Crippen molar-refractivity contribution in [3.8, 4) is 11.5 Å². The van der Waals surface area contributed by atoms with Gasteiger partial charge in [0.15, 0.2) is 6.29 Å². The summed E-state index contributed by atoms with van der Waals surface area (Å²) in [5.74, 6) is 1.61. The van der Waals surface area contributed by atoms with Gasteiger partial charge in [-0.05, 0) is 54.8 Å². The molecular formula is C51H56N6O8. The Morgan fingerprint density at radius 3 is 1.42 bits per heavy atom. The molecule has 0 saturated carbocycles. The molecule has 2 aromatic heterocycles. The first-order chi connectivity index (χ1) is 32.0. The van der Waals surface area contributed by atoms with Crippen molar-refractivity contribution in [1.82, 2.24) is 30.0 Å². The second-order valence-corrected chi connectivity index (χ2v) is 15.9. The zero-order chi connectivity index (χ0) is 44.5. The second kappa shape index (κ2) is 23.6. The molecule has 1 fully saturated rings. The summed E-state index contributed by atoms with van der Waals surface area (Å²) in [6.45, 7) is 7.33. The van der Waals surface area contributed by atoms with Crippen LogP contribution in [-0.2, 0) is 74.5 Å². The highest BCUT2D eigenvalue weighted by Crippen LogP contribution is 2.32. The van der Waals surface area contributed by atoms with Crippen molar-refractivity contribution in [1.29, 1.82) is 0 Å². The Labute approximate surface area is 379 Å². The predicted octanol–water partition coefficient (Wildman–Crippen LogP) is 7.86. The normalized spacial score (nSPS) is 18.4. The molecule has 65 heavy (non-hydrogen) atoms. The fraction of sp³-hybridized carbons (Fsp3) is 0.333. The monoisotopic (exact) mass is 880 g/mol. The van der Waals surface area contributed by atoms with Crippen LogP contribution in [0.4, 0.5) is 0 Å². The number of benzene rings is 5. The van der Waals surface area contributed by atoms with E-state index in [0.717, 1.165) is 28.2 Å². The molecule has 1 aliphatic rings. The van der Waals surface area contributed by atoms with Crippen LogP contribution in [-0.4, -0.2) is 80.5 Å². The lowest BCUT2D eigenvalue weighted by atomic mass is 9.97. The number of nitrogens with zero attached hydrogens (tertiary/aromatic N) is 6. The van der Waals surface area contributed by atoms with Crippen molar-refractivity contribution < 1.29 is 37.9 Å². The van der Waals surface area contributed by atoms with Gasteiger partial charge in [-0.25, -0.2) is 9.36 Å². The molecular weight excluding hydrogens is 825 g/mol. The summed E-state index contributed by atoms with van der Waals surface area (Å²) in [4.78, 5) is 0. The molecule has 8 rings (SSSR count). The molecule has 0 radical (unpaired) electrons. The van der Waals surface area contributed by atoms with Gasteiger partial charge in [-0.2, -0.15) is 0 Å². The lowest BCUT2D eigenvalue weighted by Crippen LogP contribution is -2.61. The number of aryl methyl sites for hydroxylation is 2. The van der Waals surface area contributed by atoms with Gasteiger partial charge >= 0.3 is 0 Å². The molecule has 0 spiro atoms. The van der Waals surface area contributed by atoms with E-state index in [1.807, 2.05) is 166 Å². The SMILES string of the molecule is Cc1ccc(OCCn2cc(COC[C@H]3O[C@H](OCc4cn(CCOc5ccc(C)cc5)nn4)[C@H](OCc4ccccc4)[C@@H](OCc4ccccc4)[C@@H]3OCc3ccccc3)nn2)cc1. The maximum absolute atomic E-state index is 6.87. The van der Waals surface area contributed by atoms with Crippen LogP contribution in [0.25, 0.3) is 0 Å². The van der Waals surface area contributed by atoms with Crippen molar-refractivity contribution in [3.05, 3.63) is 191 Å². The predicted molar refractivity (Wildman–Crippen MR) is 242 cm³/mol. The summed E-state index contributed by atoms with van der Waals surface area (Å²) in [5.41, 5.74) is 6.64. The zero-order valence-corrected chi connectivity index (χ0v) is 36.8. The van der Waals surface area contributed by atoms with Gasteiger partial charge in [0, 0.05) is 0 Å². The standard InChI is InChI=1S/C51H56N6O8/c1-38-18-22-45(23-19-38)59-28-26-56-30-43(52-54-56)35-58-37-47-48(61-32-40-12-6-3-7-13-40)49(62-33-41-14-8-4-9-15-41)50(63-34-42-16-10-5-11-17-42)51(65-47)64-36-44-31-57(55-53-44)27-29-60-46-24-20-39(2)21-25-46/h3-25,30-31,47-51H,26-29,32-37H2,1-2H3/t47-,48-,49+,50-,51+/m1/s1. The molecule has 1 saturated heterocycles. The van der Waals surface area contributed by atoms with Gasteiger partial charge in [-0.3, -0.25) is 0 Å². The first-order valence-corrected chi connectivity index (χ1v) is 22.0. The molecule has 7 aromatic rings. The summed E-state index contributed by atoms with van der Waals surface area (Å²) >= 11 is 0. The van der Waals surface area contributed by atoms with E-state index in [9.17, 15) is 0 Å². The van der Waals surface area contributed by atoms with Crippen LogP contribution in [0.15, 0.2) is 152 Å². The average molecular weight is 881 g/mol. The van der Waals surface area contributed by atoms with Gasteiger partial charge in [-0.15, -0.1) is 10.2 Å². The van der Waals surface area contributed by atoms with E-state index in [0.29, 0.717) is 50.9 Å². The number of rotatable bonds is 24. The van der Waals surface area contributed by atoms with Crippen LogP contribution in [0, 0.1) is 13.8 Å². The molecule has 338 valence electrons. The van der Waals surface area contributed by atoms with Crippen LogP contribution in [0.3, 0.4) is 0 Å². The third kappa shape index (κ3) is 13.9. The summed E-state index contributed by atoms with van der Waals surface area (Å²) in [6, 6.07) is 46.0. The minimum absolute atomic E-state index is 0.0972. The molecule has 0 amide bonds. The van der Waals surface area contributed by atoms with Crippen molar-refractivity contribution >= 4 is 0 Å². The highest BCUT2D eigenvalue weighted by Gasteiger charge is 2.49. The highest BCUT2D eigenvalue weighted by atomic mass is 16.7. The van der Waals surface area contributed by atoms with E-state index in [1.54, 1.807) is 9.36 Å². The van der Waals surface area contributed by atoms with Gasteiger partial charge in [0.05, 0.1) is 65.1 Å². The Balaban J connectivity index is 0.991. The van der Waals surface area contributed by atoms with Crippen LogP contribution in [0.1, 0.15) is 39.2 Å². The van der Waals surface area contributed by atoms with Crippen molar-refractivity contribution in [2.75, 3.05) is 19.8 Å². The van der Waals surface area contributed by atoms with E-state index in [2.05, 4.69) is 20.6 Å². The fourth-order valence-corrected chi connectivity index (χ4v) is 7.27. The molecule has 5 atom stereocenters. The van der Waals surface area contributed by atoms with Gasteiger partial charge in [0.1, 0.15) is 60.5 Å². The lowest BCUT2D eigenvalue weighted by molar-refractivity contribution is -0.331. The fourth-order valence-electron chi connectivity index (χ4n) is 7.27. The Bertz CT molecular complexity index is 2420. The minimum Gasteiger partial charge on any atom is -0.492 e. The molecule has 3 heterocycles. The van der Waals surface area contributed by atoms with Crippen molar-refractivity contribution in [2.24, 2.45) is 0 Å². The number of hydrogen-bond acceptors (Lipinski definition) is 12. The van der Waals surface area contributed by atoms with E-state index < -0.39 is 30.7 Å². The van der Waals surface area contributed by atoms with Crippen molar-refractivity contribution in [3.63, 3.8) is 0 Å². The maximum Gasteiger partial charge on any atom is 0.187 e. The van der Waals surface area contributed by atoms with Crippen molar-refractivity contribution in [2.45, 2.75) is 90.7 Å². The molecule has 14 heteroatoms. The van der Waals surface area contributed by atoms with E-state index in [-0.39, 0.29) is 26.4 Å². The van der Waals surface area contributed by atoms with Gasteiger partial charge in [0.2, 0.25) is 0 Å².